The fourth-order valence-electron chi connectivity index (χ4n) is 2.85. The molecule has 1 fully saturated rings. The van der Waals surface area contributed by atoms with Gasteiger partial charge in [-0.3, -0.25) is 3.97 Å². The van der Waals surface area contributed by atoms with Crippen molar-refractivity contribution in [3.8, 4) is 0 Å². The van der Waals surface area contributed by atoms with Crippen LogP contribution in [-0.2, 0) is 4.74 Å². The second kappa shape index (κ2) is 7.20. The molecule has 124 valence electrons. The monoisotopic (exact) mass is 466 g/mol. The van der Waals surface area contributed by atoms with Gasteiger partial charge in [-0.05, 0) is 49.4 Å². The van der Waals surface area contributed by atoms with Gasteiger partial charge in [0, 0.05) is 48.8 Å². The van der Waals surface area contributed by atoms with Crippen molar-refractivity contribution < 1.29 is 13.9 Å². The number of hydrogen-bond acceptors (Lipinski definition) is 5. The second-order valence-electron chi connectivity index (χ2n) is 5.38. The molecule has 0 amide bonds. The number of methoxy groups -OCH3 is 1. The molecule has 1 aliphatic rings. The number of hydrogen-bond donors (Lipinski definition) is 0. The van der Waals surface area contributed by atoms with Gasteiger partial charge >= 0.3 is 5.97 Å². The van der Waals surface area contributed by atoms with Crippen molar-refractivity contribution in [3.63, 3.8) is 0 Å². The van der Waals surface area contributed by atoms with Crippen molar-refractivity contribution in [2.24, 2.45) is 0 Å². The van der Waals surface area contributed by atoms with Crippen molar-refractivity contribution in [3.05, 3.63) is 29.1 Å². The zero-order valence-corrected chi connectivity index (χ0v) is 16.6. The number of rotatable bonds is 4. The van der Waals surface area contributed by atoms with E-state index in [1.54, 1.807) is 18.9 Å². The number of halogens is 2. The van der Waals surface area contributed by atoms with E-state index in [4.69, 9.17) is 4.74 Å². The molecule has 8 heteroatoms. The van der Waals surface area contributed by atoms with E-state index in [-0.39, 0.29) is 5.82 Å². The summed E-state index contributed by atoms with van der Waals surface area (Å²) in [5.41, 5.74) is 1.48. The van der Waals surface area contributed by atoms with Crippen LogP contribution in [-0.4, -0.2) is 34.4 Å². The first kappa shape index (κ1) is 17.4. The Kier molecular flexibility index (Phi) is 5.44. The molecular weight excluding hydrogens is 450 g/mol. The standard InChI is InChI=1S/C15H16FIN2O2S2/c1-9-7-11(16)14-10(13(9)15(20)21-2)8-12(19(14)23-17)22-18-5-3-4-6-18/h7-8H,3-6H2,1-2H3. The highest BCUT2D eigenvalue weighted by molar-refractivity contribution is 14.2. The molecule has 4 nitrogen and oxygen atoms in total. The van der Waals surface area contributed by atoms with E-state index in [0.717, 1.165) is 18.1 Å². The average molecular weight is 466 g/mol. The number of aryl methyl sites for hydroxylation is 1. The quantitative estimate of drug-likeness (QED) is 0.367. The molecule has 0 spiro atoms. The minimum Gasteiger partial charge on any atom is -0.465 e. The molecule has 1 saturated heterocycles. The Morgan fingerprint density at radius 2 is 2.04 bits per heavy atom. The van der Waals surface area contributed by atoms with Crippen molar-refractivity contribution in [1.82, 2.24) is 8.28 Å². The predicted molar refractivity (Wildman–Crippen MR) is 102 cm³/mol. The van der Waals surface area contributed by atoms with Crippen LogP contribution in [0.15, 0.2) is 17.2 Å². The Morgan fingerprint density at radius 1 is 1.35 bits per heavy atom. The van der Waals surface area contributed by atoms with Crippen molar-refractivity contribution >= 4 is 59.1 Å². The zero-order chi connectivity index (χ0) is 16.6. The summed E-state index contributed by atoms with van der Waals surface area (Å²) >= 11 is 3.76. The SMILES string of the molecule is COC(=O)c1c(C)cc(F)c2c1cc(SN1CCCC1)n2SI. The third-order valence-electron chi connectivity index (χ3n) is 3.91. The van der Waals surface area contributed by atoms with Crippen molar-refractivity contribution in [2.75, 3.05) is 20.2 Å². The minimum atomic E-state index is -0.430. The van der Waals surface area contributed by atoms with Gasteiger partial charge in [0.1, 0.15) is 10.8 Å². The van der Waals surface area contributed by atoms with Gasteiger partial charge in [-0.2, -0.15) is 0 Å². The van der Waals surface area contributed by atoms with Gasteiger partial charge in [-0.25, -0.2) is 13.5 Å². The summed E-state index contributed by atoms with van der Waals surface area (Å²) in [5, 5.41) is 1.54. The summed E-state index contributed by atoms with van der Waals surface area (Å²) in [4.78, 5) is 12.1. The van der Waals surface area contributed by atoms with Crippen LogP contribution < -0.4 is 0 Å². The summed E-state index contributed by atoms with van der Waals surface area (Å²) < 4.78 is 23.6. The highest BCUT2D eigenvalue weighted by atomic mass is 127. The first-order valence-corrected chi connectivity index (χ1v) is 11.3. The average Bonchev–Trinajstić information content (AvgIpc) is 3.14. The number of benzene rings is 1. The van der Waals surface area contributed by atoms with Crippen LogP contribution in [0.1, 0.15) is 28.8 Å². The Hall–Kier alpha value is -0.450. The Bertz CT molecular complexity index is 760. The Labute approximate surface area is 155 Å². The molecule has 0 bridgehead atoms. The molecule has 0 atom stereocenters. The summed E-state index contributed by atoms with van der Waals surface area (Å²) in [6, 6.07) is 3.30. The largest absolute Gasteiger partial charge is 0.465 e. The van der Waals surface area contributed by atoms with Crippen molar-refractivity contribution in [2.45, 2.75) is 24.8 Å². The number of ether oxygens (including phenoxy) is 1. The van der Waals surface area contributed by atoms with Gasteiger partial charge in [-0.15, -0.1) is 0 Å². The van der Waals surface area contributed by atoms with Gasteiger partial charge in [0.2, 0.25) is 0 Å². The Balaban J connectivity index is 2.18. The lowest BCUT2D eigenvalue weighted by Crippen LogP contribution is -2.09. The van der Waals surface area contributed by atoms with Crippen LogP contribution >= 0.6 is 42.3 Å². The minimum absolute atomic E-state index is 0.317. The molecule has 23 heavy (non-hydrogen) atoms. The zero-order valence-electron chi connectivity index (χ0n) is 12.8. The van der Waals surface area contributed by atoms with Gasteiger partial charge in [0.05, 0.1) is 18.2 Å². The van der Waals surface area contributed by atoms with E-state index in [1.807, 2.05) is 10.0 Å². The highest BCUT2D eigenvalue weighted by Crippen LogP contribution is 2.39. The molecule has 0 saturated carbocycles. The number of esters is 1. The molecule has 2 heterocycles. The summed E-state index contributed by atoms with van der Waals surface area (Å²) in [7, 11) is 2.76. The molecule has 1 aromatic heterocycles. The molecule has 0 unspecified atom stereocenters. The first-order valence-electron chi connectivity index (χ1n) is 7.21. The normalized spacial score (nSPS) is 15.5. The molecule has 1 aromatic carbocycles. The molecule has 0 radical (unpaired) electrons. The van der Waals surface area contributed by atoms with Gasteiger partial charge in [0.25, 0.3) is 0 Å². The lowest BCUT2D eigenvalue weighted by molar-refractivity contribution is 0.0602. The van der Waals surface area contributed by atoms with Gasteiger partial charge in [0.15, 0.2) is 0 Å². The molecule has 0 N–H and O–H groups in total. The Morgan fingerprint density at radius 3 is 2.65 bits per heavy atom. The third kappa shape index (κ3) is 3.22. The topological polar surface area (TPSA) is 34.5 Å². The van der Waals surface area contributed by atoms with Crippen LogP contribution in [0.4, 0.5) is 4.39 Å². The lowest BCUT2D eigenvalue weighted by Gasteiger charge is -2.14. The van der Waals surface area contributed by atoms with Crippen LogP contribution in [0, 0.1) is 12.7 Å². The van der Waals surface area contributed by atoms with E-state index >= 15 is 0 Å². The lowest BCUT2D eigenvalue weighted by atomic mass is 10.0. The van der Waals surface area contributed by atoms with Gasteiger partial charge < -0.3 is 4.74 Å². The summed E-state index contributed by atoms with van der Waals surface area (Å²) in [6.07, 6.45) is 2.37. The summed E-state index contributed by atoms with van der Waals surface area (Å²) in [6.45, 7) is 3.80. The van der Waals surface area contributed by atoms with Crippen LogP contribution in [0.3, 0.4) is 0 Å². The highest BCUT2D eigenvalue weighted by Gasteiger charge is 2.24. The van der Waals surface area contributed by atoms with Crippen LogP contribution in [0.2, 0.25) is 0 Å². The number of aromatic nitrogens is 1. The van der Waals surface area contributed by atoms with Crippen LogP contribution in [0.25, 0.3) is 10.9 Å². The maximum absolute atomic E-state index is 14.6. The maximum atomic E-state index is 14.6. The fourth-order valence-corrected chi connectivity index (χ4v) is 6.10. The molecule has 0 aliphatic carbocycles. The van der Waals surface area contributed by atoms with E-state index in [0.29, 0.717) is 22.0 Å². The van der Waals surface area contributed by atoms with E-state index in [9.17, 15) is 9.18 Å². The predicted octanol–water partition coefficient (Wildman–Crippen LogP) is 4.82. The summed E-state index contributed by atoms with van der Waals surface area (Å²) in [5.74, 6) is -0.747. The van der Waals surface area contributed by atoms with Gasteiger partial charge in [-0.1, -0.05) is 0 Å². The molecule has 2 aromatic rings. The molecular formula is C15H16FIN2O2S2. The smallest absolute Gasteiger partial charge is 0.338 e. The first-order chi connectivity index (χ1) is 11.1. The van der Waals surface area contributed by atoms with E-state index in [2.05, 4.69) is 25.5 Å². The number of carbonyl (C=O) groups excluding carboxylic acids is 1. The van der Waals surface area contributed by atoms with E-state index < -0.39 is 5.97 Å². The fraction of sp³-hybridized carbons (Fsp3) is 0.400. The third-order valence-corrected chi connectivity index (χ3v) is 6.83. The molecule has 3 rings (SSSR count). The number of carbonyl (C=O) groups is 1. The molecule has 1 aliphatic heterocycles. The number of nitrogens with zero attached hydrogens (tertiary/aromatic N) is 2. The van der Waals surface area contributed by atoms with E-state index in [1.165, 1.54) is 35.1 Å². The van der Waals surface area contributed by atoms with Crippen molar-refractivity contribution in [1.29, 1.82) is 0 Å². The van der Waals surface area contributed by atoms with Crippen LogP contribution in [0.5, 0.6) is 0 Å². The maximum Gasteiger partial charge on any atom is 0.338 e. The number of fused-ring (bicyclic) bond motifs is 1. The second-order valence-corrected chi connectivity index (χ2v) is 8.18.